The summed E-state index contributed by atoms with van der Waals surface area (Å²) in [4.78, 5) is 2.53. The molecule has 0 radical (unpaired) electrons. The molecule has 2 N–H and O–H groups in total. The van der Waals surface area contributed by atoms with E-state index in [0.29, 0.717) is 36.3 Å². The molecule has 0 bridgehead atoms. The van der Waals surface area contributed by atoms with Gasteiger partial charge in [-0.05, 0) is 83.2 Å². The lowest BCUT2D eigenvalue weighted by atomic mass is 9.73. The highest BCUT2D eigenvalue weighted by molar-refractivity contribution is 5.43. The number of ether oxygens (including phenoxy) is 2. The van der Waals surface area contributed by atoms with Crippen LogP contribution in [0.15, 0.2) is 42.5 Å². The third-order valence-corrected chi connectivity index (χ3v) is 7.66. The van der Waals surface area contributed by atoms with E-state index < -0.39 is 11.4 Å². The molecule has 5 nitrogen and oxygen atoms in total. The molecule has 3 atom stereocenters. The fraction of sp³-hybridized carbons (Fsp3) is 0.613. The molecule has 0 saturated carbocycles. The average molecular weight is 515 g/mol. The Morgan fingerprint density at radius 3 is 2.59 bits per heavy atom. The van der Waals surface area contributed by atoms with Crippen LogP contribution in [0.25, 0.3) is 0 Å². The molecule has 1 fully saturated rings. The average Bonchev–Trinajstić information content (AvgIpc) is 2.88. The number of aliphatic hydroxyl groups is 1. The van der Waals surface area contributed by atoms with Crippen LogP contribution < -0.4 is 10.1 Å². The minimum absolute atomic E-state index is 0.0301. The summed E-state index contributed by atoms with van der Waals surface area (Å²) < 4.78 is 26.7. The zero-order valence-corrected chi connectivity index (χ0v) is 23.4. The van der Waals surface area contributed by atoms with E-state index in [4.69, 9.17) is 9.47 Å². The number of hydrogen-bond acceptors (Lipinski definition) is 5. The maximum Gasteiger partial charge on any atom is 0.169 e. The third kappa shape index (κ3) is 8.00. The van der Waals surface area contributed by atoms with E-state index in [1.807, 2.05) is 44.3 Å². The summed E-state index contributed by atoms with van der Waals surface area (Å²) in [6.45, 7) is 9.88. The van der Waals surface area contributed by atoms with Crippen molar-refractivity contribution in [2.24, 2.45) is 11.8 Å². The first kappa shape index (κ1) is 29.6. The van der Waals surface area contributed by atoms with Crippen molar-refractivity contribution in [2.45, 2.75) is 70.9 Å². The van der Waals surface area contributed by atoms with Crippen molar-refractivity contribution >= 4 is 0 Å². The fourth-order valence-corrected chi connectivity index (χ4v) is 5.75. The number of likely N-dealkylation sites (N-methyl/N-ethyl adjacent to an activating group) is 1. The fourth-order valence-electron chi connectivity index (χ4n) is 5.75. The van der Waals surface area contributed by atoms with Gasteiger partial charge in [0.25, 0.3) is 0 Å². The van der Waals surface area contributed by atoms with Gasteiger partial charge in [0.2, 0.25) is 0 Å². The highest BCUT2D eigenvalue weighted by Crippen LogP contribution is 2.45. The number of hydrogen-bond donors (Lipinski definition) is 2. The van der Waals surface area contributed by atoms with Crippen molar-refractivity contribution in [1.82, 2.24) is 10.2 Å². The normalized spacial score (nSPS) is 19.1. The number of rotatable bonds is 14. The molecule has 6 heteroatoms. The standard InChI is InChI=1S/C31H47FN2O3/c1-23(2)20-26(21-33-4)34-18-9-10-25(22-34)31(35,17-6-7-19-36-5)28-11-8-12-29(32)30(28)37-27-15-13-24(3)14-16-27/h8,11-16,23,25-26,33,35H,6-7,9-10,17-22H2,1-5H3. The van der Waals surface area contributed by atoms with Gasteiger partial charge in [0.1, 0.15) is 5.75 Å². The minimum Gasteiger partial charge on any atom is -0.454 e. The highest BCUT2D eigenvalue weighted by Gasteiger charge is 2.43. The molecule has 1 heterocycles. The molecule has 206 valence electrons. The molecule has 3 unspecified atom stereocenters. The van der Waals surface area contributed by atoms with Crippen molar-refractivity contribution in [1.29, 1.82) is 0 Å². The van der Waals surface area contributed by atoms with Gasteiger partial charge in [-0.25, -0.2) is 4.39 Å². The number of likely N-dealkylation sites (tertiary alicyclic amines) is 1. The SMILES string of the molecule is CNCC(CC(C)C)N1CCCC(C(O)(CCCCOC)c2cccc(F)c2Oc2ccc(C)cc2)C1. The van der Waals surface area contributed by atoms with Gasteiger partial charge < -0.3 is 19.9 Å². The van der Waals surface area contributed by atoms with E-state index in [1.54, 1.807) is 13.2 Å². The molecule has 1 aliphatic rings. The van der Waals surface area contributed by atoms with Crippen LogP contribution in [0.1, 0.15) is 63.5 Å². The van der Waals surface area contributed by atoms with E-state index >= 15 is 4.39 Å². The summed E-state index contributed by atoms with van der Waals surface area (Å²) in [6, 6.07) is 12.9. The van der Waals surface area contributed by atoms with Crippen molar-refractivity contribution in [2.75, 3.05) is 40.4 Å². The molecule has 37 heavy (non-hydrogen) atoms. The molecule has 2 aromatic carbocycles. The Balaban J connectivity index is 1.96. The van der Waals surface area contributed by atoms with Gasteiger partial charge in [-0.1, -0.05) is 43.7 Å². The summed E-state index contributed by atoms with van der Waals surface area (Å²) in [5, 5.41) is 15.9. The van der Waals surface area contributed by atoms with Crippen LogP contribution in [0.3, 0.4) is 0 Å². The van der Waals surface area contributed by atoms with E-state index in [-0.39, 0.29) is 11.7 Å². The lowest BCUT2D eigenvalue weighted by Crippen LogP contribution is -2.52. The largest absolute Gasteiger partial charge is 0.454 e. The lowest BCUT2D eigenvalue weighted by molar-refractivity contribution is -0.0698. The Kier molecular flexibility index (Phi) is 11.4. The summed E-state index contributed by atoms with van der Waals surface area (Å²) in [5.74, 6) is 0.803. The second kappa shape index (κ2) is 14.2. The van der Waals surface area contributed by atoms with E-state index in [2.05, 4.69) is 24.1 Å². The number of unbranched alkanes of at least 4 members (excludes halogenated alkanes) is 1. The van der Waals surface area contributed by atoms with Crippen molar-refractivity contribution < 1.29 is 19.0 Å². The Bertz CT molecular complexity index is 952. The molecular formula is C31H47FN2O3. The number of para-hydroxylation sites is 1. The lowest BCUT2D eigenvalue weighted by Gasteiger charge is -2.46. The highest BCUT2D eigenvalue weighted by atomic mass is 19.1. The first-order valence-electron chi connectivity index (χ1n) is 13.9. The van der Waals surface area contributed by atoms with Crippen LogP contribution >= 0.6 is 0 Å². The number of benzene rings is 2. The Morgan fingerprint density at radius 1 is 1.16 bits per heavy atom. The van der Waals surface area contributed by atoms with E-state index in [1.165, 1.54) is 6.07 Å². The predicted molar refractivity (Wildman–Crippen MR) is 149 cm³/mol. The molecule has 1 saturated heterocycles. The first-order chi connectivity index (χ1) is 17.8. The maximum atomic E-state index is 15.3. The summed E-state index contributed by atoms with van der Waals surface area (Å²) in [7, 11) is 3.70. The number of piperidine rings is 1. The zero-order valence-electron chi connectivity index (χ0n) is 23.4. The predicted octanol–water partition coefficient (Wildman–Crippen LogP) is 6.28. The minimum atomic E-state index is -1.21. The monoisotopic (exact) mass is 514 g/mol. The van der Waals surface area contributed by atoms with Crippen LogP contribution in [0.5, 0.6) is 11.5 Å². The number of nitrogens with one attached hydrogen (secondary N) is 1. The van der Waals surface area contributed by atoms with Gasteiger partial charge in [-0.3, -0.25) is 4.90 Å². The third-order valence-electron chi connectivity index (χ3n) is 7.66. The maximum absolute atomic E-state index is 15.3. The number of halogens is 1. The van der Waals surface area contributed by atoms with Gasteiger partial charge in [0.15, 0.2) is 11.6 Å². The van der Waals surface area contributed by atoms with E-state index in [0.717, 1.165) is 57.3 Å². The van der Waals surface area contributed by atoms with Crippen LogP contribution in [-0.2, 0) is 10.3 Å². The zero-order chi connectivity index (χ0) is 26.8. The quantitative estimate of drug-likeness (QED) is 0.291. The van der Waals surface area contributed by atoms with Gasteiger partial charge >= 0.3 is 0 Å². The second-order valence-corrected chi connectivity index (χ2v) is 11.1. The molecule has 2 aromatic rings. The summed E-state index contributed by atoms with van der Waals surface area (Å²) >= 11 is 0. The smallest absolute Gasteiger partial charge is 0.169 e. The molecule has 3 rings (SSSR count). The summed E-state index contributed by atoms with van der Waals surface area (Å²) in [5.41, 5.74) is 0.443. The Labute approximate surface area is 223 Å². The van der Waals surface area contributed by atoms with Gasteiger partial charge in [-0.15, -0.1) is 0 Å². The number of aryl methyl sites for hydroxylation is 1. The number of nitrogens with zero attached hydrogens (tertiary/aromatic N) is 1. The van der Waals surface area contributed by atoms with Gasteiger partial charge in [0, 0.05) is 44.3 Å². The Morgan fingerprint density at radius 2 is 1.92 bits per heavy atom. The van der Waals surface area contributed by atoms with Crippen molar-refractivity contribution in [3.8, 4) is 11.5 Å². The van der Waals surface area contributed by atoms with Crippen LogP contribution in [0, 0.1) is 24.6 Å². The van der Waals surface area contributed by atoms with Crippen LogP contribution in [0.4, 0.5) is 4.39 Å². The van der Waals surface area contributed by atoms with Crippen LogP contribution in [-0.4, -0.2) is 56.4 Å². The van der Waals surface area contributed by atoms with Crippen molar-refractivity contribution in [3.05, 3.63) is 59.4 Å². The van der Waals surface area contributed by atoms with Crippen LogP contribution in [0.2, 0.25) is 0 Å². The molecule has 0 amide bonds. The number of methoxy groups -OCH3 is 1. The van der Waals surface area contributed by atoms with Gasteiger partial charge in [0.05, 0.1) is 5.60 Å². The molecule has 0 aliphatic carbocycles. The molecule has 1 aliphatic heterocycles. The first-order valence-corrected chi connectivity index (χ1v) is 13.9. The summed E-state index contributed by atoms with van der Waals surface area (Å²) in [6.07, 6.45) is 5.16. The van der Waals surface area contributed by atoms with Crippen molar-refractivity contribution in [3.63, 3.8) is 0 Å². The molecule has 0 spiro atoms. The van der Waals surface area contributed by atoms with Gasteiger partial charge in [-0.2, -0.15) is 0 Å². The second-order valence-electron chi connectivity index (χ2n) is 11.1. The molecular weight excluding hydrogens is 467 g/mol. The Hall–Kier alpha value is -1.99. The topological polar surface area (TPSA) is 54.0 Å². The van der Waals surface area contributed by atoms with E-state index in [9.17, 15) is 5.11 Å². The molecule has 0 aromatic heterocycles.